The summed E-state index contributed by atoms with van der Waals surface area (Å²) in [6.45, 7) is 5.69. The molecule has 0 unspecified atom stereocenters. The summed E-state index contributed by atoms with van der Waals surface area (Å²) in [4.78, 5) is 28.6. The minimum Gasteiger partial charge on any atom is -0.486 e. The molecule has 0 bridgehead atoms. The second-order valence-corrected chi connectivity index (χ2v) is 12.1. The Labute approximate surface area is 246 Å². The van der Waals surface area contributed by atoms with E-state index in [0.717, 1.165) is 16.3 Å². The number of anilines is 1. The number of amides is 2. The first-order chi connectivity index (χ1) is 19.6. The number of hydrogen-bond donors (Lipinski definition) is 1. The van der Waals surface area contributed by atoms with Crippen molar-refractivity contribution in [3.8, 4) is 11.5 Å². The van der Waals surface area contributed by atoms with Crippen molar-refractivity contribution in [3.05, 3.63) is 83.4 Å². The first kappa shape index (κ1) is 30.2. The van der Waals surface area contributed by atoms with Gasteiger partial charge in [0.15, 0.2) is 11.5 Å². The van der Waals surface area contributed by atoms with Crippen molar-refractivity contribution in [3.63, 3.8) is 0 Å². The average molecular weight is 600 g/mol. The van der Waals surface area contributed by atoms with Crippen LogP contribution in [0.1, 0.15) is 32.8 Å². The Morgan fingerprint density at radius 3 is 2.27 bits per heavy atom. The smallest absolute Gasteiger partial charge is 0.264 e. The molecule has 3 aromatic carbocycles. The number of nitrogens with one attached hydrogen (secondary N) is 1. The average Bonchev–Trinajstić information content (AvgIpc) is 2.99. The number of nitrogens with zero attached hydrogens (tertiary/aromatic N) is 2. The molecule has 1 heterocycles. The van der Waals surface area contributed by atoms with E-state index in [9.17, 15) is 18.0 Å². The third kappa shape index (κ3) is 7.31. The summed E-state index contributed by atoms with van der Waals surface area (Å²) in [5, 5.41) is 3.45. The SMILES string of the molecule is CC[C@@H](C)NC(=O)[C@@H](C)N(Cc1ccc(Cl)cc1)C(=O)CN(c1ccc2c(c1)OCCO2)S(=O)(=O)c1ccccc1. The number of carbonyl (C=O) groups excluding carboxylic acids is 2. The first-order valence-corrected chi connectivity index (χ1v) is 15.2. The monoisotopic (exact) mass is 599 g/mol. The molecular formula is C30H34ClN3O6S. The number of fused-ring (bicyclic) bond motifs is 1. The quantitative estimate of drug-likeness (QED) is 0.344. The highest BCUT2D eigenvalue weighted by atomic mass is 35.5. The summed E-state index contributed by atoms with van der Waals surface area (Å²) >= 11 is 6.06. The van der Waals surface area contributed by atoms with Gasteiger partial charge in [0.05, 0.1) is 10.6 Å². The molecule has 0 aliphatic carbocycles. The molecule has 2 atom stereocenters. The Morgan fingerprint density at radius 2 is 1.61 bits per heavy atom. The van der Waals surface area contributed by atoms with Gasteiger partial charge in [-0.1, -0.05) is 48.9 Å². The molecule has 4 rings (SSSR count). The highest BCUT2D eigenvalue weighted by Gasteiger charge is 2.33. The van der Waals surface area contributed by atoms with Crippen molar-refractivity contribution in [1.29, 1.82) is 0 Å². The Balaban J connectivity index is 1.72. The van der Waals surface area contributed by atoms with Crippen molar-refractivity contribution in [2.75, 3.05) is 24.1 Å². The van der Waals surface area contributed by atoms with E-state index >= 15 is 0 Å². The highest BCUT2D eigenvalue weighted by Crippen LogP contribution is 2.36. The van der Waals surface area contributed by atoms with Crippen LogP contribution in [-0.2, 0) is 26.2 Å². The third-order valence-corrected chi connectivity index (χ3v) is 8.90. The van der Waals surface area contributed by atoms with Crippen molar-refractivity contribution >= 4 is 39.1 Å². The lowest BCUT2D eigenvalue weighted by Gasteiger charge is -2.32. The normalized spacial score (nSPS) is 14.0. The molecule has 0 saturated heterocycles. The minimum absolute atomic E-state index is 0.0227. The molecule has 11 heteroatoms. The lowest BCUT2D eigenvalue weighted by molar-refractivity contribution is -0.139. The zero-order valence-electron chi connectivity index (χ0n) is 23.2. The van der Waals surface area contributed by atoms with Gasteiger partial charge in [-0.05, 0) is 62.2 Å². The molecule has 1 N–H and O–H groups in total. The topological polar surface area (TPSA) is 105 Å². The van der Waals surface area contributed by atoms with Crippen molar-refractivity contribution in [1.82, 2.24) is 10.2 Å². The van der Waals surface area contributed by atoms with Crippen LogP contribution in [0.25, 0.3) is 0 Å². The van der Waals surface area contributed by atoms with Gasteiger partial charge in [-0.15, -0.1) is 0 Å². The standard InChI is InChI=1S/C30H34ClN3O6S/c1-4-21(2)32-30(36)22(3)33(19-23-10-12-24(31)13-11-23)29(35)20-34(41(37,38)26-8-6-5-7-9-26)25-14-15-27-28(18-25)40-17-16-39-27/h5-15,18,21-22H,4,16-17,19-20H2,1-3H3,(H,32,36)/t21-,22-/m1/s1. The number of carbonyl (C=O) groups is 2. The van der Waals surface area contributed by atoms with E-state index in [0.29, 0.717) is 29.7 Å². The summed E-state index contributed by atoms with van der Waals surface area (Å²) in [6.07, 6.45) is 0.719. The van der Waals surface area contributed by atoms with Crippen LogP contribution in [-0.4, -0.2) is 57.0 Å². The summed E-state index contributed by atoms with van der Waals surface area (Å²) in [5.74, 6) is -0.0172. The van der Waals surface area contributed by atoms with Crippen molar-refractivity contribution in [2.24, 2.45) is 0 Å². The molecule has 0 fully saturated rings. The number of ether oxygens (including phenoxy) is 2. The molecule has 0 aromatic heterocycles. The molecule has 41 heavy (non-hydrogen) atoms. The minimum atomic E-state index is -4.19. The van der Waals surface area contributed by atoms with Gasteiger partial charge in [-0.2, -0.15) is 0 Å². The molecule has 0 saturated carbocycles. The molecule has 0 radical (unpaired) electrons. The summed E-state index contributed by atoms with van der Waals surface area (Å²) in [7, 11) is -4.19. The van der Waals surface area contributed by atoms with E-state index < -0.39 is 28.5 Å². The van der Waals surface area contributed by atoms with E-state index in [-0.39, 0.29) is 29.1 Å². The van der Waals surface area contributed by atoms with E-state index in [1.54, 1.807) is 67.6 Å². The molecule has 1 aliphatic heterocycles. The second-order valence-electron chi connectivity index (χ2n) is 9.79. The van der Waals surface area contributed by atoms with Gasteiger partial charge < -0.3 is 19.7 Å². The fourth-order valence-electron chi connectivity index (χ4n) is 4.27. The summed E-state index contributed by atoms with van der Waals surface area (Å²) in [5.41, 5.74) is 0.970. The maximum absolute atomic E-state index is 14.0. The Bertz CT molecular complexity index is 1470. The zero-order valence-corrected chi connectivity index (χ0v) is 24.8. The molecule has 2 amide bonds. The maximum atomic E-state index is 14.0. The van der Waals surface area contributed by atoms with Crippen LogP contribution in [0, 0.1) is 0 Å². The van der Waals surface area contributed by atoms with Crippen LogP contribution < -0.4 is 19.1 Å². The third-order valence-electron chi connectivity index (χ3n) is 6.86. The molecule has 9 nitrogen and oxygen atoms in total. The van der Waals surface area contributed by atoms with Crippen LogP contribution >= 0.6 is 11.6 Å². The zero-order chi connectivity index (χ0) is 29.6. The van der Waals surface area contributed by atoms with E-state index in [4.69, 9.17) is 21.1 Å². The van der Waals surface area contributed by atoms with Gasteiger partial charge in [0, 0.05) is 23.7 Å². The fourth-order valence-corrected chi connectivity index (χ4v) is 5.82. The van der Waals surface area contributed by atoms with Gasteiger partial charge >= 0.3 is 0 Å². The number of sulfonamides is 1. The maximum Gasteiger partial charge on any atom is 0.264 e. The Hall–Kier alpha value is -3.76. The number of hydrogen-bond acceptors (Lipinski definition) is 6. The van der Waals surface area contributed by atoms with Gasteiger partial charge in [0.2, 0.25) is 11.8 Å². The molecular weight excluding hydrogens is 566 g/mol. The molecule has 0 spiro atoms. The fraction of sp³-hybridized carbons (Fsp3) is 0.333. The van der Waals surface area contributed by atoms with Crippen LogP contribution in [0.3, 0.4) is 0 Å². The van der Waals surface area contributed by atoms with E-state index in [2.05, 4.69) is 5.32 Å². The Morgan fingerprint density at radius 1 is 0.951 bits per heavy atom. The second kappa shape index (κ2) is 13.3. The summed E-state index contributed by atoms with van der Waals surface area (Å²) in [6, 6.07) is 18.6. The lowest BCUT2D eigenvalue weighted by atomic mass is 10.1. The Kier molecular flexibility index (Phi) is 9.77. The predicted molar refractivity (Wildman–Crippen MR) is 158 cm³/mol. The molecule has 1 aliphatic rings. The highest BCUT2D eigenvalue weighted by molar-refractivity contribution is 7.92. The number of benzene rings is 3. The predicted octanol–water partition coefficient (Wildman–Crippen LogP) is 4.64. The van der Waals surface area contributed by atoms with Gasteiger partial charge in [0.25, 0.3) is 10.0 Å². The van der Waals surface area contributed by atoms with E-state index in [1.807, 2.05) is 13.8 Å². The first-order valence-electron chi connectivity index (χ1n) is 13.4. The van der Waals surface area contributed by atoms with Crippen LogP contribution in [0.5, 0.6) is 11.5 Å². The lowest BCUT2D eigenvalue weighted by Crippen LogP contribution is -2.52. The van der Waals surface area contributed by atoms with Gasteiger partial charge in [-0.3, -0.25) is 13.9 Å². The number of halogens is 1. The number of rotatable bonds is 11. The largest absolute Gasteiger partial charge is 0.486 e. The van der Waals surface area contributed by atoms with Crippen LogP contribution in [0.2, 0.25) is 5.02 Å². The van der Waals surface area contributed by atoms with Crippen LogP contribution in [0.4, 0.5) is 5.69 Å². The van der Waals surface area contributed by atoms with Crippen molar-refractivity contribution < 1.29 is 27.5 Å². The van der Waals surface area contributed by atoms with E-state index in [1.165, 1.54) is 17.0 Å². The summed E-state index contributed by atoms with van der Waals surface area (Å²) < 4.78 is 40.2. The van der Waals surface area contributed by atoms with Crippen LogP contribution in [0.15, 0.2) is 77.7 Å². The van der Waals surface area contributed by atoms with Crippen molar-refractivity contribution in [2.45, 2.75) is 50.7 Å². The van der Waals surface area contributed by atoms with Gasteiger partial charge in [0.1, 0.15) is 25.8 Å². The molecule has 3 aromatic rings. The van der Waals surface area contributed by atoms with Gasteiger partial charge in [-0.25, -0.2) is 8.42 Å². The molecule has 218 valence electrons.